The van der Waals surface area contributed by atoms with Crippen LogP contribution in [0.4, 0.5) is 11.4 Å². The number of nitrogens with zero attached hydrogens (tertiary/aromatic N) is 4. The summed E-state index contributed by atoms with van der Waals surface area (Å²) in [6.07, 6.45) is 0. The molecule has 6 amide bonds. The third-order valence-corrected chi connectivity index (χ3v) is 14.8. The molecule has 0 aliphatic heterocycles. The summed E-state index contributed by atoms with van der Waals surface area (Å²) in [7, 11) is 0. The number of nitrogens with one attached hydrogen (secondary N) is 2. The molecule has 0 spiro atoms. The molecule has 0 heterocycles. The minimum absolute atomic E-state index is 0.0701. The molecule has 60 heavy (non-hydrogen) atoms. The highest BCUT2D eigenvalue weighted by Crippen LogP contribution is 2.39. The smallest absolute Gasteiger partial charge is 0.314 e. The molecule has 0 radical (unpaired) electrons. The van der Waals surface area contributed by atoms with Crippen molar-refractivity contribution in [1.82, 2.24) is 19.6 Å². The normalized spacial score (nSPS) is 11.0. The lowest BCUT2D eigenvalue weighted by molar-refractivity contribution is -0.133. The van der Waals surface area contributed by atoms with Crippen molar-refractivity contribution < 1.29 is 69.6 Å². The second-order valence-corrected chi connectivity index (χ2v) is 18.5. The molecule has 0 bridgehead atoms. The largest absolute Gasteiger partial charge is 0.395 e. The van der Waals surface area contributed by atoms with Crippen LogP contribution in [-0.4, -0.2) is 201 Å². The van der Waals surface area contributed by atoms with E-state index in [9.17, 15) is 69.6 Å². The van der Waals surface area contributed by atoms with Crippen LogP contribution < -0.4 is 10.6 Å². The van der Waals surface area contributed by atoms with Gasteiger partial charge in [-0.3, -0.25) is 28.8 Å². The van der Waals surface area contributed by atoms with Gasteiger partial charge in [0.15, 0.2) is 0 Å². The summed E-state index contributed by atoms with van der Waals surface area (Å²) in [6, 6.07) is 0. The topological polar surface area (TPSA) is 301 Å². The Bertz CT molecular complexity index is 1640. The van der Waals surface area contributed by atoms with Crippen LogP contribution >= 0.6 is 136 Å². The molecule has 26 heteroatoms. The van der Waals surface area contributed by atoms with E-state index >= 15 is 0 Å². The van der Waals surface area contributed by atoms with E-state index in [2.05, 4.69) is 10.6 Å². The number of amides is 6. The maximum atomic E-state index is 14.0. The highest BCUT2D eigenvalue weighted by molar-refractivity contribution is 14.1. The van der Waals surface area contributed by atoms with Crippen LogP contribution in [0.5, 0.6) is 0 Å². The zero-order valence-electron chi connectivity index (χ0n) is 31.4. The minimum atomic E-state index is -1.33. The predicted molar refractivity (Wildman–Crippen MR) is 267 cm³/mol. The van der Waals surface area contributed by atoms with Crippen LogP contribution in [0.2, 0.25) is 0 Å². The van der Waals surface area contributed by atoms with Crippen molar-refractivity contribution in [2.24, 2.45) is 0 Å². The average Bonchev–Trinajstić information content (AvgIpc) is 3.20. The van der Waals surface area contributed by atoms with Gasteiger partial charge in [-0.1, -0.05) is 0 Å². The van der Waals surface area contributed by atoms with E-state index in [4.69, 9.17) is 0 Å². The number of carbonyl (C=O) groups excluding carboxylic acids is 6. The monoisotopic (exact) mass is 1520 g/mol. The van der Waals surface area contributed by atoms with Gasteiger partial charge in [0.2, 0.25) is 0 Å². The average molecular weight is 1520 g/mol. The summed E-state index contributed by atoms with van der Waals surface area (Å²) in [5.41, 5.74) is -0.799. The Labute approximate surface area is 426 Å². The van der Waals surface area contributed by atoms with E-state index in [1.165, 1.54) is 0 Å². The van der Waals surface area contributed by atoms with Crippen LogP contribution in [0, 0.1) is 21.4 Å². The van der Waals surface area contributed by atoms with E-state index in [1.54, 1.807) is 136 Å². The van der Waals surface area contributed by atoms with Crippen LogP contribution in [0.15, 0.2) is 0 Å². The second-order valence-electron chi connectivity index (χ2n) is 12.0. The van der Waals surface area contributed by atoms with Gasteiger partial charge in [0.1, 0.15) is 0 Å². The number of anilines is 2. The first-order valence-corrected chi connectivity index (χ1v) is 24.0. The van der Waals surface area contributed by atoms with Gasteiger partial charge in [-0.15, -0.1) is 0 Å². The molecule has 0 unspecified atom stereocenters. The van der Waals surface area contributed by atoms with Crippen LogP contribution in [0.25, 0.3) is 0 Å². The molecule has 0 aromatic heterocycles. The van der Waals surface area contributed by atoms with Crippen molar-refractivity contribution in [2.45, 2.75) is 0 Å². The van der Waals surface area contributed by atoms with Crippen molar-refractivity contribution in [3.8, 4) is 0 Å². The van der Waals surface area contributed by atoms with Gasteiger partial charge < -0.3 is 71.1 Å². The predicted octanol–water partition coefficient (Wildman–Crippen LogP) is -0.401. The summed E-state index contributed by atoms with van der Waals surface area (Å²) >= 11 is 10.6. The van der Waals surface area contributed by atoms with Gasteiger partial charge in [0, 0.05) is 59.5 Å². The zero-order chi connectivity index (χ0) is 45.4. The molecular formula is C34H42I6N6O14. The van der Waals surface area contributed by atoms with Gasteiger partial charge >= 0.3 is 11.8 Å². The van der Waals surface area contributed by atoms with Gasteiger partial charge in [-0.05, 0) is 136 Å². The Morgan fingerprint density at radius 1 is 0.333 bits per heavy atom. The lowest BCUT2D eigenvalue weighted by Crippen LogP contribution is -2.40. The van der Waals surface area contributed by atoms with Crippen molar-refractivity contribution >= 4 is 182 Å². The molecule has 334 valence electrons. The number of halogens is 6. The number of hydrogen-bond donors (Lipinski definition) is 10. The fourth-order valence-corrected chi connectivity index (χ4v) is 14.2. The van der Waals surface area contributed by atoms with Crippen molar-refractivity contribution in [3.63, 3.8) is 0 Å². The maximum absolute atomic E-state index is 14.0. The van der Waals surface area contributed by atoms with Crippen molar-refractivity contribution in [2.75, 3.05) is 116 Å². The van der Waals surface area contributed by atoms with Crippen LogP contribution in [0.1, 0.15) is 41.4 Å². The van der Waals surface area contributed by atoms with E-state index in [0.717, 1.165) is 19.6 Å². The molecule has 0 saturated carbocycles. The lowest BCUT2D eigenvalue weighted by Gasteiger charge is -2.27. The van der Waals surface area contributed by atoms with E-state index in [0.29, 0.717) is 0 Å². The first-order valence-electron chi connectivity index (χ1n) is 17.6. The second kappa shape index (κ2) is 27.6. The number of aliphatic hydroxyl groups excluding tert-OH is 8. The number of carbonyl (C=O) groups is 6. The quantitative estimate of drug-likeness (QED) is 0.0531. The third-order valence-electron chi connectivity index (χ3n) is 8.28. The molecule has 2 aromatic rings. The van der Waals surface area contributed by atoms with Crippen molar-refractivity contribution in [1.29, 1.82) is 0 Å². The molecule has 0 atom stereocenters. The summed E-state index contributed by atoms with van der Waals surface area (Å²) in [5.74, 6) is -5.61. The highest BCUT2D eigenvalue weighted by Gasteiger charge is 2.35. The molecule has 0 fully saturated rings. The summed E-state index contributed by atoms with van der Waals surface area (Å²) in [6.45, 7) is -5.43. The number of hydrogen-bond acceptors (Lipinski definition) is 14. The van der Waals surface area contributed by atoms with Gasteiger partial charge in [0.25, 0.3) is 23.6 Å². The molecule has 2 aromatic carbocycles. The number of aliphatic hydroxyl groups is 8. The number of benzene rings is 2. The molecule has 0 aliphatic rings. The van der Waals surface area contributed by atoms with Crippen LogP contribution in [0.3, 0.4) is 0 Å². The Hall–Kier alpha value is -0.680. The fraction of sp³-hybridized carbons (Fsp3) is 0.471. The lowest BCUT2D eigenvalue weighted by atomic mass is 10.1. The van der Waals surface area contributed by atoms with Gasteiger partial charge in [-0.2, -0.15) is 0 Å². The SMILES string of the molecule is O=C(Nc1c(I)c(C(=O)N(CCO)CCO)c(I)c(C(=O)N(CCO)CCO)c1I)C(=O)Nc1c(I)c(C(=O)N(CCO)CCO)c(I)c(C(=O)N(CCO)CCO)c1I. The van der Waals surface area contributed by atoms with Crippen LogP contribution in [-0.2, 0) is 9.59 Å². The summed E-state index contributed by atoms with van der Waals surface area (Å²) < 4.78 is 0.486. The minimum Gasteiger partial charge on any atom is -0.395 e. The molecule has 10 N–H and O–H groups in total. The molecular weight excluding hydrogens is 1480 g/mol. The molecule has 20 nitrogen and oxygen atoms in total. The van der Waals surface area contributed by atoms with E-state index in [-0.39, 0.29) is 107 Å². The molecule has 2 rings (SSSR count). The standard InChI is InChI=1S/C34H42I6N6O14/c35-21-17(31(57)43(1-9-47)2-10-48)23(37)27(24(38)18(21)32(58)44(3-11-49)4-12-50)41-29(55)30(56)42-28-25(39)19(33(59)45(5-13-51)6-14-52)22(36)20(26(28)40)34(60)46(7-15-53)8-16-54/h47-54H,1-16H2,(H,41,55)(H,42,56). The summed E-state index contributed by atoms with van der Waals surface area (Å²) in [4.78, 5) is 88.3. The number of rotatable bonds is 22. The first kappa shape index (κ1) is 55.5. The first-order chi connectivity index (χ1) is 28.5. The fourth-order valence-electron chi connectivity index (χ4n) is 5.50. The zero-order valence-corrected chi connectivity index (χ0v) is 44.3. The Morgan fingerprint density at radius 2 is 0.500 bits per heavy atom. The summed E-state index contributed by atoms with van der Waals surface area (Å²) in [5, 5.41) is 82.2. The Balaban J connectivity index is 2.90. The Morgan fingerprint density at radius 3 is 0.650 bits per heavy atom. The van der Waals surface area contributed by atoms with E-state index < -0.39 is 88.3 Å². The Kier molecular flexibility index (Phi) is 25.5. The van der Waals surface area contributed by atoms with Gasteiger partial charge in [0.05, 0.1) is 101 Å². The molecule has 0 saturated heterocycles. The van der Waals surface area contributed by atoms with E-state index in [1.807, 2.05) is 0 Å². The molecule has 0 aliphatic carbocycles. The third kappa shape index (κ3) is 13.7. The maximum Gasteiger partial charge on any atom is 0.314 e. The highest BCUT2D eigenvalue weighted by atomic mass is 127. The van der Waals surface area contributed by atoms with Gasteiger partial charge in [-0.25, -0.2) is 0 Å². The van der Waals surface area contributed by atoms with Crippen molar-refractivity contribution in [3.05, 3.63) is 43.7 Å².